The number of piperazine rings is 1. The molecule has 0 unspecified atom stereocenters. The molecule has 178 valence electrons. The van der Waals surface area contributed by atoms with E-state index in [2.05, 4.69) is 67.3 Å². The molecule has 1 aromatic carbocycles. The van der Waals surface area contributed by atoms with E-state index in [1.165, 1.54) is 5.69 Å². The van der Waals surface area contributed by atoms with Gasteiger partial charge in [-0.05, 0) is 47.5 Å². The molecule has 0 amide bonds. The lowest BCUT2D eigenvalue weighted by Crippen LogP contribution is -2.46. The second kappa shape index (κ2) is 9.29. The van der Waals surface area contributed by atoms with Crippen LogP contribution in [0, 0.1) is 11.3 Å². The Morgan fingerprint density at radius 3 is 2.42 bits per heavy atom. The Morgan fingerprint density at radius 2 is 1.72 bits per heavy atom. The van der Waals surface area contributed by atoms with Crippen molar-refractivity contribution in [1.29, 1.82) is 5.26 Å². The highest BCUT2D eigenvalue weighted by Gasteiger charge is 2.18. The zero-order valence-corrected chi connectivity index (χ0v) is 20.1. The van der Waals surface area contributed by atoms with E-state index in [1.54, 1.807) is 10.9 Å². The molecule has 1 aliphatic heterocycles. The molecule has 4 aromatic heterocycles. The van der Waals surface area contributed by atoms with Crippen LogP contribution in [0.4, 0.5) is 5.69 Å². The van der Waals surface area contributed by atoms with E-state index in [9.17, 15) is 5.26 Å². The van der Waals surface area contributed by atoms with E-state index in [4.69, 9.17) is 0 Å². The number of fused-ring (bicyclic) bond motifs is 1. The molecule has 0 spiro atoms. The maximum atomic E-state index is 9.68. The number of hydrogen-bond acceptors (Lipinski definition) is 6. The first-order valence-corrected chi connectivity index (χ1v) is 12.1. The van der Waals surface area contributed by atoms with Crippen molar-refractivity contribution < 1.29 is 0 Å². The van der Waals surface area contributed by atoms with Crippen molar-refractivity contribution in [3.8, 4) is 28.5 Å². The maximum absolute atomic E-state index is 9.68. The van der Waals surface area contributed by atoms with E-state index in [1.807, 2.05) is 48.2 Å². The molecule has 36 heavy (non-hydrogen) atoms. The van der Waals surface area contributed by atoms with Crippen LogP contribution in [0.25, 0.3) is 28.0 Å². The quantitative estimate of drug-likeness (QED) is 0.383. The number of imidazole rings is 1. The molecule has 5 aromatic rings. The molecule has 6 rings (SSSR count). The highest BCUT2D eigenvalue weighted by molar-refractivity contribution is 5.76. The molecule has 0 aliphatic carbocycles. The minimum atomic E-state index is 0.519. The molecule has 5 heterocycles. The van der Waals surface area contributed by atoms with E-state index in [0.29, 0.717) is 5.69 Å². The third-order valence-electron chi connectivity index (χ3n) is 6.77. The predicted octanol–water partition coefficient (Wildman–Crippen LogP) is 3.99. The molecule has 1 aliphatic rings. The van der Waals surface area contributed by atoms with Gasteiger partial charge in [0.05, 0.1) is 23.8 Å². The summed E-state index contributed by atoms with van der Waals surface area (Å²) in [6, 6.07) is 21.1. The van der Waals surface area contributed by atoms with E-state index >= 15 is 0 Å². The molecule has 1 saturated heterocycles. The van der Waals surface area contributed by atoms with Crippen molar-refractivity contribution in [3.05, 3.63) is 90.8 Å². The molecule has 0 saturated carbocycles. The third kappa shape index (κ3) is 4.21. The van der Waals surface area contributed by atoms with Crippen LogP contribution < -0.4 is 4.90 Å². The van der Waals surface area contributed by atoms with Gasteiger partial charge in [-0.25, -0.2) is 4.98 Å². The summed E-state index contributed by atoms with van der Waals surface area (Å²) in [6.07, 6.45) is 7.32. The van der Waals surface area contributed by atoms with Gasteiger partial charge in [0.2, 0.25) is 0 Å². The van der Waals surface area contributed by atoms with Crippen LogP contribution in [0.2, 0.25) is 0 Å². The third-order valence-corrected chi connectivity index (χ3v) is 6.77. The lowest BCUT2D eigenvalue weighted by atomic mass is 10.0. The van der Waals surface area contributed by atoms with E-state index in [0.717, 1.165) is 66.4 Å². The minimum absolute atomic E-state index is 0.519. The lowest BCUT2D eigenvalue weighted by Gasteiger charge is -2.36. The van der Waals surface area contributed by atoms with Gasteiger partial charge in [-0.15, -0.1) is 0 Å². The monoisotopic (exact) mass is 474 g/mol. The summed E-state index contributed by atoms with van der Waals surface area (Å²) in [4.78, 5) is 13.8. The van der Waals surface area contributed by atoms with Gasteiger partial charge in [-0.1, -0.05) is 18.2 Å². The predicted molar refractivity (Wildman–Crippen MR) is 139 cm³/mol. The fourth-order valence-electron chi connectivity index (χ4n) is 4.87. The fraction of sp³-hybridized carbons (Fsp3) is 0.214. The van der Waals surface area contributed by atoms with Crippen LogP contribution in [-0.2, 0) is 13.6 Å². The molecule has 0 radical (unpaired) electrons. The number of aryl methyl sites for hydroxylation is 1. The first-order valence-electron chi connectivity index (χ1n) is 12.1. The highest BCUT2D eigenvalue weighted by atomic mass is 15.3. The molecule has 1 fully saturated rings. The van der Waals surface area contributed by atoms with E-state index in [-0.39, 0.29) is 0 Å². The van der Waals surface area contributed by atoms with Gasteiger partial charge >= 0.3 is 0 Å². The summed E-state index contributed by atoms with van der Waals surface area (Å²) >= 11 is 0. The van der Waals surface area contributed by atoms with Crippen LogP contribution in [0.3, 0.4) is 0 Å². The number of nitrogens with zero attached hydrogens (tertiary/aromatic N) is 8. The topological polar surface area (TPSA) is 78.3 Å². The zero-order chi connectivity index (χ0) is 24.5. The summed E-state index contributed by atoms with van der Waals surface area (Å²) in [5.41, 5.74) is 7.61. The Morgan fingerprint density at radius 1 is 0.889 bits per heavy atom. The van der Waals surface area contributed by atoms with Gasteiger partial charge in [-0.3, -0.25) is 19.0 Å². The number of benzene rings is 1. The van der Waals surface area contributed by atoms with Crippen molar-refractivity contribution >= 4 is 11.3 Å². The van der Waals surface area contributed by atoms with Crippen LogP contribution in [0.15, 0.2) is 79.4 Å². The lowest BCUT2D eigenvalue weighted by molar-refractivity contribution is 0.247. The number of hydrogen-bond donors (Lipinski definition) is 0. The van der Waals surface area contributed by atoms with Crippen molar-refractivity contribution in [2.75, 3.05) is 31.1 Å². The molecule has 8 heteroatoms. The van der Waals surface area contributed by atoms with E-state index < -0.39 is 0 Å². The second-order valence-electron chi connectivity index (χ2n) is 9.11. The number of rotatable bonds is 5. The summed E-state index contributed by atoms with van der Waals surface area (Å²) in [6.45, 7) is 4.86. The van der Waals surface area contributed by atoms with Crippen molar-refractivity contribution in [1.82, 2.24) is 29.0 Å². The van der Waals surface area contributed by atoms with Gasteiger partial charge in [0.15, 0.2) is 0 Å². The largest absolute Gasteiger partial charge is 0.369 e. The van der Waals surface area contributed by atoms with Gasteiger partial charge < -0.3 is 4.90 Å². The zero-order valence-electron chi connectivity index (χ0n) is 20.1. The number of anilines is 1. The maximum Gasteiger partial charge on any atom is 0.145 e. The summed E-state index contributed by atoms with van der Waals surface area (Å²) in [7, 11) is 1.91. The van der Waals surface area contributed by atoms with Gasteiger partial charge in [0.25, 0.3) is 0 Å². The first kappa shape index (κ1) is 22.0. The minimum Gasteiger partial charge on any atom is -0.369 e. The number of nitriles is 1. The van der Waals surface area contributed by atoms with Crippen molar-refractivity contribution in [3.63, 3.8) is 0 Å². The van der Waals surface area contributed by atoms with Crippen molar-refractivity contribution in [2.24, 2.45) is 7.05 Å². The van der Waals surface area contributed by atoms with Gasteiger partial charge in [-0.2, -0.15) is 10.4 Å². The smallest absolute Gasteiger partial charge is 0.145 e. The molecule has 8 nitrogen and oxygen atoms in total. The normalized spacial score (nSPS) is 14.3. The Bertz CT molecular complexity index is 1530. The number of aromatic nitrogens is 5. The second-order valence-corrected chi connectivity index (χ2v) is 9.11. The average Bonchev–Trinajstić information content (AvgIpc) is 3.55. The summed E-state index contributed by atoms with van der Waals surface area (Å²) < 4.78 is 3.71. The van der Waals surface area contributed by atoms with Crippen LogP contribution in [0.5, 0.6) is 0 Å². The SMILES string of the molecule is Cn1cc(-c2cc(-c3ccc(N4CCN(Cc5ccccn5)CC4)cc3)n3c(C#N)cnc3c2)cn1. The van der Waals surface area contributed by atoms with Gasteiger partial charge in [0.1, 0.15) is 17.4 Å². The first-order chi connectivity index (χ1) is 17.7. The summed E-state index contributed by atoms with van der Waals surface area (Å²) in [5, 5.41) is 14.0. The molecular formula is C28H26N8. The molecular weight excluding hydrogens is 448 g/mol. The fourth-order valence-corrected chi connectivity index (χ4v) is 4.87. The Hall–Kier alpha value is -4.48. The van der Waals surface area contributed by atoms with Crippen LogP contribution in [0.1, 0.15) is 11.4 Å². The Balaban J connectivity index is 1.25. The van der Waals surface area contributed by atoms with Crippen molar-refractivity contribution in [2.45, 2.75) is 6.54 Å². The van der Waals surface area contributed by atoms with Gasteiger partial charge in [0, 0.05) is 63.4 Å². The average molecular weight is 475 g/mol. The summed E-state index contributed by atoms with van der Waals surface area (Å²) in [5.74, 6) is 0. The molecule has 0 bridgehead atoms. The Labute approximate surface area is 209 Å². The number of pyridine rings is 2. The van der Waals surface area contributed by atoms with Crippen LogP contribution in [-0.4, -0.2) is 55.2 Å². The molecule has 0 atom stereocenters. The Kier molecular flexibility index (Phi) is 5.68. The standard InChI is InChI=1S/C28H26N8/c1-33-19-23(17-32-33)22-14-27(36-26(16-29)18-31-28(36)15-22)21-5-7-25(8-6-21)35-12-10-34(11-13-35)20-24-4-2-3-9-30-24/h2-9,14-15,17-19H,10-13,20H2,1H3. The molecule has 0 N–H and O–H groups in total. The van der Waals surface area contributed by atoms with Crippen LogP contribution >= 0.6 is 0 Å². The highest BCUT2D eigenvalue weighted by Crippen LogP contribution is 2.30.